The summed E-state index contributed by atoms with van der Waals surface area (Å²) in [5, 5.41) is 9.08. The van der Waals surface area contributed by atoms with Crippen molar-refractivity contribution in [3.63, 3.8) is 0 Å². The van der Waals surface area contributed by atoms with Crippen molar-refractivity contribution in [3.05, 3.63) is 78.4 Å². The number of carboxylic acids is 1. The summed E-state index contributed by atoms with van der Waals surface area (Å²) in [6.45, 7) is 3.09. The molecule has 0 spiro atoms. The molecule has 0 atom stereocenters. The first-order valence-corrected chi connectivity index (χ1v) is 7.56. The number of hydrogen-bond donors (Lipinski definition) is 2. The fraction of sp³-hybridized carbons (Fsp3) is 0.100. The van der Waals surface area contributed by atoms with Crippen LogP contribution in [0, 0.1) is 0 Å². The van der Waals surface area contributed by atoms with Crippen molar-refractivity contribution in [2.75, 3.05) is 14.2 Å². The molecule has 0 aliphatic rings. The molecule has 0 heterocycles. The summed E-state index contributed by atoms with van der Waals surface area (Å²) < 4.78 is 10.2. The molecular weight excluding hydrogens is 334 g/mol. The van der Waals surface area contributed by atoms with E-state index in [1.807, 2.05) is 24.3 Å². The summed E-state index contributed by atoms with van der Waals surface area (Å²) in [6.07, 6.45) is 2.25. The van der Waals surface area contributed by atoms with Gasteiger partial charge in [0.25, 0.3) is 0 Å². The van der Waals surface area contributed by atoms with Gasteiger partial charge in [0.05, 0.1) is 14.2 Å². The topological polar surface area (TPSA) is 98.9 Å². The number of aliphatic carboxylic acids is 1. The molecule has 6 nitrogen and oxygen atoms in total. The number of primary amides is 1. The second kappa shape index (κ2) is 10.4. The number of amides is 1. The third kappa shape index (κ3) is 6.52. The van der Waals surface area contributed by atoms with Crippen molar-refractivity contribution in [3.8, 4) is 11.5 Å². The summed E-state index contributed by atoms with van der Waals surface area (Å²) in [4.78, 5) is 20.5. The van der Waals surface area contributed by atoms with Gasteiger partial charge in [-0.15, -0.1) is 0 Å². The van der Waals surface area contributed by atoms with E-state index in [1.54, 1.807) is 38.5 Å². The number of rotatable bonds is 6. The van der Waals surface area contributed by atoms with Crippen molar-refractivity contribution in [1.29, 1.82) is 0 Å². The monoisotopic (exact) mass is 355 g/mol. The van der Waals surface area contributed by atoms with Crippen LogP contribution >= 0.6 is 0 Å². The van der Waals surface area contributed by atoms with E-state index in [0.717, 1.165) is 28.7 Å². The van der Waals surface area contributed by atoms with Crippen LogP contribution in [0.25, 0.3) is 5.57 Å². The lowest BCUT2D eigenvalue weighted by Gasteiger charge is -2.09. The maximum Gasteiger partial charge on any atom is 0.328 e. The smallest absolute Gasteiger partial charge is 0.328 e. The number of benzene rings is 2. The minimum Gasteiger partial charge on any atom is -0.497 e. The largest absolute Gasteiger partial charge is 0.497 e. The first-order chi connectivity index (χ1) is 12.4. The molecule has 136 valence electrons. The zero-order valence-corrected chi connectivity index (χ0v) is 14.6. The molecule has 0 saturated heterocycles. The average molecular weight is 355 g/mol. The van der Waals surface area contributed by atoms with Gasteiger partial charge in [0.2, 0.25) is 5.91 Å². The number of carbonyl (C=O) groups is 2. The standard InChI is InChI=1S/C17H16O4.C3H5NO/c1-20-14-7-3-12(4-8-14)16(11-17(18)19)13-5-9-15(21-2)10-6-13;1-2-3(4)5/h3-11H,1-2H3,(H,18,19);2H,1H2,(H2,4,5). The van der Waals surface area contributed by atoms with E-state index in [9.17, 15) is 9.59 Å². The fourth-order valence-electron chi connectivity index (χ4n) is 2.00. The van der Waals surface area contributed by atoms with Crippen LogP contribution in [0.15, 0.2) is 67.3 Å². The lowest BCUT2D eigenvalue weighted by Crippen LogP contribution is -2.04. The lowest BCUT2D eigenvalue weighted by atomic mass is 9.97. The van der Waals surface area contributed by atoms with E-state index < -0.39 is 11.9 Å². The molecule has 0 aliphatic heterocycles. The molecule has 26 heavy (non-hydrogen) atoms. The third-order valence-corrected chi connectivity index (χ3v) is 3.27. The predicted octanol–water partition coefficient (Wildman–Crippen LogP) is 2.88. The number of methoxy groups -OCH3 is 2. The predicted molar refractivity (Wildman–Crippen MR) is 100 cm³/mol. The van der Waals surface area contributed by atoms with Crippen molar-refractivity contribution in [2.45, 2.75) is 0 Å². The number of ether oxygens (including phenoxy) is 2. The SMILES string of the molecule is C=CC(N)=O.COc1ccc(C(=CC(=O)O)c2ccc(OC)cc2)cc1. The minimum atomic E-state index is -0.989. The maximum atomic E-state index is 11.1. The van der Waals surface area contributed by atoms with Crippen molar-refractivity contribution in [1.82, 2.24) is 0 Å². The highest BCUT2D eigenvalue weighted by molar-refractivity contribution is 5.95. The molecule has 0 radical (unpaired) electrons. The fourth-order valence-corrected chi connectivity index (χ4v) is 2.00. The third-order valence-electron chi connectivity index (χ3n) is 3.27. The van der Waals surface area contributed by atoms with Gasteiger partial charge in [0.1, 0.15) is 11.5 Å². The average Bonchev–Trinajstić information content (AvgIpc) is 2.66. The van der Waals surface area contributed by atoms with Gasteiger partial charge >= 0.3 is 5.97 Å². The number of nitrogens with two attached hydrogens (primary N) is 1. The van der Waals surface area contributed by atoms with Gasteiger partial charge in [-0.05, 0) is 47.0 Å². The van der Waals surface area contributed by atoms with E-state index in [1.165, 1.54) is 6.08 Å². The molecule has 0 unspecified atom stereocenters. The van der Waals surface area contributed by atoms with Crippen molar-refractivity contribution in [2.24, 2.45) is 5.73 Å². The van der Waals surface area contributed by atoms with Crippen LogP contribution in [0.1, 0.15) is 11.1 Å². The summed E-state index contributed by atoms with van der Waals surface area (Å²) in [6, 6.07) is 14.5. The molecule has 0 aromatic heterocycles. The van der Waals surface area contributed by atoms with Gasteiger partial charge in [0, 0.05) is 6.08 Å². The first kappa shape index (κ1) is 20.5. The van der Waals surface area contributed by atoms with E-state index in [2.05, 4.69) is 12.3 Å². The second-order valence-electron chi connectivity index (χ2n) is 4.96. The summed E-state index contributed by atoms with van der Waals surface area (Å²) in [5.41, 5.74) is 6.78. The molecule has 6 heteroatoms. The molecule has 3 N–H and O–H groups in total. The zero-order valence-electron chi connectivity index (χ0n) is 14.6. The van der Waals surface area contributed by atoms with Gasteiger partial charge in [-0.2, -0.15) is 0 Å². The van der Waals surface area contributed by atoms with Gasteiger partial charge < -0.3 is 20.3 Å². The molecule has 2 aromatic carbocycles. The van der Waals surface area contributed by atoms with Crippen LogP contribution < -0.4 is 15.2 Å². The molecule has 0 saturated carbocycles. The van der Waals surface area contributed by atoms with Gasteiger partial charge in [-0.3, -0.25) is 4.79 Å². The highest BCUT2D eigenvalue weighted by atomic mass is 16.5. The Kier molecular flexibility index (Phi) is 8.16. The van der Waals surface area contributed by atoms with Crippen molar-refractivity contribution >= 4 is 17.4 Å². The number of hydrogen-bond acceptors (Lipinski definition) is 4. The Morgan fingerprint density at radius 2 is 1.27 bits per heavy atom. The van der Waals surface area contributed by atoms with Crippen LogP contribution in [-0.4, -0.2) is 31.2 Å². The summed E-state index contributed by atoms with van der Waals surface area (Å²) in [5.74, 6) is -0.0204. The molecule has 2 rings (SSSR count). The Balaban J connectivity index is 0.000000597. The zero-order chi connectivity index (χ0) is 19.5. The molecule has 1 amide bonds. The maximum absolute atomic E-state index is 11.1. The van der Waals surface area contributed by atoms with E-state index in [4.69, 9.17) is 14.6 Å². The molecule has 0 aliphatic carbocycles. The van der Waals surface area contributed by atoms with E-state index in [0.29, 0.717) is 5.57 Å². The Morgan fingerprint density at radius 1 is 0.923 bits per heavy atom. The van der Waals surface area contributed by atoms with Crippen LogP contribution in [0.5, 0.6) is 11.5 Å². The highest BCUT2D eigenvalue weighted by Gasteiger charge is 2.08. The highest BCUT2D eigenvalue weighted by Crippen LogP contribution is 2.26. The Hall–Kier alpha value is -3.54. The first-order valence-electron chi connectivity index (χ1n) is 7.56. The Labute approximate surface area is 152 Å². The van der Waals surface area contributed by atoms with Crippen molar-refractivity contribution < 1.29 is 24.2 Å². The number of carboxylic acid groups (broad SMARTS) is 1. The van der Waals surface area contributed by atoms with Crippen LogP contribution in [0.2, 0.25) is 0 Å². The molecule has 2 aromatic rings. The Bertz CT molecular complexity index is 727. The summed E-state index contributed by atoms with van der Waals surface area (Å²) in [7, 11) is 3.18. The van der Waals surface area contributed by atoms with Crippen LogP contribution in [0.4, 0.5) is 0 Å². The Morgan fingerprint density at radius 3 is 1.50 bits per heavy atom. The van der Waals surface area contributed by atoms with Gasteiger partial charge in [-0.25, -0.2) is 4.79 Å². The van der Waals surface area contributed by atoms with E-state index >= 15 is 0 Å². The summed E-state index contributed by atoms with van der Waals surface area (Å²) >= 11 is 0. The van der Waals surface area contributed by atoms with Gasteiger partial charge in [-0.1, -0.05) is 30.8 Å². The van der Waals surface area contributed by atoms with Gasteiger partial charge in [0.15, 0.2) is 0 Å². The quantitative estimate of drug-likeness (QED) is 0.776. The second-order valence-corrected chi connectivity index (χ2v) is 4.96. The minimum absolute atomic E-state index is 0.481. The number of carbonyl (C=O) groups excluding carboxylic acids is 1. The normalized spacial score (nSPS) is 9.15. The molecule has 0 bridgehead atoms. The molecular formula is C20H21NO5. The molecule has 0 fully saturated rings. The van der Waals surface area contributed by atoms with Crippen LogP contribution in [0.3, 0.4) is 0 Å². The van der Waals surface area contributed by atoms with E-state index in [-0.39, 0.29) is 0 Å². The van der Waals surface area contributed by atoms with Crippen LogP contribution in [-0.2, 0) is 9.59 Å². The lowest BCUT2D eigenvalue weighted by molar-refractivity contribution is -0.131.